The Hall–Kier alpha value is -4.02. The van der Waals surface area contributed by atoms with Gasteiger partial charge in [-0.2, -0.15) is 0 Å². The van der Waals surface area contributed by atoms with Gasteiger partial charge in [-0.25, -0.2) is 9.59 Å². The third-order valence-electron chi connectivity index (χ3n) is 7.39. The summed E-state index contributed by atoms with van der Waals surface area (Å²) in [6.45, 7) is 9.36. The Morgan fingerprint density at radius 2 is 1.64 bits per heavy atom. The number of fused-ring (bicyclic) bond motifs is 1. The molecule has 1 fully saturated rings. The monoisotopic (exact) mass is 581 g/mol. The molecule has 0 radical (unpaired) electrons. The molecule has 1 aromatic carbocycles. The predicted octanol–water partition coefficient (Wildman–Crippen LogP) is 3.21. The molecule has 2 heterocycles. The van der Waals surface area contributed by atoms with E-state index in [0.717, 1.165) is 5.39 Å². The average Bonchev–Trinajstić information content (AvgIpc) is 3.08. The van der Waals surface area contributed by atoms with Gasteiger partial charge in [-0.1, -0.05) is 45.9 Å². The van der Waals surface area contributed by atoms with Crippen LogP contribution in [-0.2, 0) is 19.1 Å². The summed E-state index contributed by atoms with van der Waals surface area (Å²) >= 11 is 0. The van der Waals surface area contributed by atoms with E-state index in [1.54, 1.807) is 24.4 Å². The number of esters is 1. The number of pyridine rings is 1. The Labute approximate surface area is 247 Å². The van der Waals surface area contributed by atoms with Gasteiger partial charge < -0.3 is 25.6 Å². The van der Waals surface area contributed by atoms with E-state index < -0.39 is 41.9 Å². The van der Waals surface area contributed by atoms with E-state index in [2.05, 4.69) is 20.9 Å². The van der Waals surface area contributed by atoms with Crippen LogP contribution in [0.15, 0.2) is 36.5 Å². The standard InChI is InChI=1S/C31H43N5O6/c1-18(2)15-24(34-28(38)22-11-7-9-21-10-8-14-32-27(21)22)29(39)33-23-13-12-20(5)36(17-26(23)37)31(41)35-25(16-19(3)4)30(40)42-6/h7-11,14,18-20,23-25H,12-13,15-17H2,1-6H3,(H,33,39)(H,34,38)(H,35,41)/t20-,23+,24+,25+/m1/s1. The number of rotatable bonds is 10. The van der Waals surface area contributed by atoms with Crippen LogP contribution in [0.1, 0.15) is 70.7 Å². The summed E-state index contributed by atoms with van der Waals surface area (Å²) in [4.78, 5) is 71.1. The van der Waals surface area contributed by atoms with Crippen molar-refractivity contribution >= 4 is 40.5 Å². The maximum Gasteiger partial charge on any atom is 0.328 e. The zero-order valence-electron chi connectivity index (χ0n) is 25.3. The number of ketones is 1. The summed E-state index contributed by atoms with van der Waals surface area (Å²) in [5.74, 6) is -1.54. The molecule has 228 valence electrons. The molecule has 11 nitrogen and oxygen atoms in total. The van der Waals surface area contributed by atoms with E-state index in [1.165, 1.54) is 12.0 Å². The first-order chi connectivity index (χ1) is 19.9. The molecule has 11 heteroatoms. The molecule has 0 saturated carbocycles. The first-order valence-corrected chi connectivity index (χ1v) is 14.5. The highest BCUT2D eigenvalue weighted by molar-refractivity contribution is 6.07. The minimum atomic E-state index is -0.874. The molecule has 1 saturated heterocycles. The molecule has 1 aliphatic heterocycles. The number of aromatic nitrogens is 1. The number of urea groups is 1. The number of carbonyl (C=O) groups is 5. The summed E-state index contributed by atoms with van der Waals surface area (Å²) < 4.78 is 4.84. The Morgan fingerprint density at radius 1 is 0.976 bits per heavy atom. The van der Waals surface area contributed by atoms with Crippen LogP contribution in [-0.4, -0.2) is 77.3 Å². The SMILES string of the molecule is COC(=O)[C@H](CC(C)C)NC(=O)N1CC(=O)[C@@H](NC(=O)[C@H](CC(C)C)NC(=O)c2cccc3cccnc23)CC[C@H]1C. The normalized spacial score (nSPS) is 18.8. The predicted molar refractivity (Wildman–Crippen MR) is 159 cm³/mol. The van der Waals surface area contributed by atoms with Gasteiger partial charge in [-0.05, 0) is 56.6 Å². The van der Waals surface area contributed by atoms with E-state index in [1.807, 2.05) is 46.8 Å². The summed E-state index contributed by atoms with van der Waals surface area (Å²) in [5.41, 5.74) is 0.897. The van der Waals surface area contributed by atoms with Crippen molar-refractivity contribution in [3.05, 3.63) is 42.1 Å². The highest BCUT2D eigenvalue weighted by atomic mass is 16.5. The van der Waals surface area contributed by atoms with Gasteiger partial charge in [0.05, 0.1) is 30.8 Å². The third kappa shape index (κ3) is 8.50. The van der Waals surface area contributed by atoms with Crippen molar-refractivity contribution in [1.29, 1.82) is 0 Å². The van der Waals surface area contributed by atoms with Crippen molar-refractivity contribution in [3.8, 4) is 0 Å². The summed E-state index contributed by atoms with van der Waals surface area (Å²) in [7, 11) is 1.26. The van der Waals surface area contributed by atoms with Crippen LogP contribution in [0.3, 0.4) is 0 Å². The number of Topliss-reactive ketones (excluding diaryl/α,β-unsaturated/α-hetero) is 1. The summed E-state index contributed by atoms with van der Waals surface area (Å²) in [6, 6.07) is 5.57. The van der Waals surface area contributed by atoms with Crippen LogP contribution >= 0.6 is 0 Å². The molecule has 2 aromatic rings. The second-order valence-electron chi connectivity index (χ2n) is 11.8. The molecule has 3 N–H and O–H groups in total. The molecule has 0 spiro atoms. The lowest BCUT2D eigenvalue weighted by molar-refractivity contribution is -0.143. The van der Waals surface area contributed by atoms with E-state index in [9.17, 15) is 24.0 Å². The number of methoxy groups -OCH3 is 1. The summed E-state index contributed by atoms with van der Waals surface area (Å²) in [6.07, 6.45) is 3.16. The van der Waals surface area contributed by atoms with Crippen LogP contribution in [0.4, 0.5) is 4.79 Å². The lowest BCUT2D eigenvalue weighted by Gasteiger charge is -2.29. The van der Waals surface area contributed by atoms with Gasteiger partial charge in [-0.3, -0.25) is 19.4 Å². The summed E-state index contributed by atoms with van der Waals surface area (Å²) in [5, 5.41) is 9.20. The molecule has 42 heavy (non-hydrogen) atoms. The van der Waals surface area contributed by atoms with Gasteiger partial charge in [0.15, 0.2) is 5.78 Å². The maximum atomic E-state index is 13.5. The first-order valence-electron chi connectivity index (χ1n) is 14.5. The highest BCUT2D eigenvalue weighted by Crippen LogP contribution is 2.19. The number of carbonyl (C=O) groups excluding carboxylic acids is 5. The Bertz CT molecular complexity index is 1290. The van der Waals surface area contributed by atoms with Crippen LogP contribution in [0, 0.1) is 11.8 Å². The van der Waals surface area contributed by atoms with Crippen molar-refractivity contribution in [2.24, 2.45) is 11.8 Å². The van der Waals surface area contributed by atoms with E-state index >= 15 is 0 Å². The van der Waals surface area contributed by atoms with Gasteiger partial charge in [0.2, 0.25) is 5.91 Å². The van der Waals surface area contributed by atoms with Crippen LogP contribution < -0.4 is 16.0 Å². The van der Waals surface area contributed by atoms with Crippen molar-refractivity contribution in [1.82, 2.24) is 25.8 Å². The van der Waals surface area contributed by atoms with Crippen LogP contribution in [0.25, 0.3) is 10.9 Å². The smallest absolute Gasteiger partial charge is 0.328 e. The van der Waals surface area contributed by atoms with Gasteiger partial charge >= 0.3 is 12.0 Å². The lowest BCUT2D eigenvalue weighted by Crippen LogP contribution is -2.54. The second-order valence-corrected chi connectivity index (χ2v) is 11.8. The number of likely N-dealkylation sites (tertiary alicyclic amines) is 1. The van der Waals surface area contributed by atoms with Crippen molar-refractivity contribution < 1.29 is 28.7 Å². The van der Waals surface area contributed by atoms with Crippen molar-refractivity contribution in [3.63, 3.8) is 0 Å². The number of nitrogens with zero attached hydrogens (tertiary/aromatic N) is 2. The van der Waals surface area contributed by atoms with Crippen molar-refractivity contribution in [2.75, 3.05) is 13.7 Å². The molecule has 0 aliphatic carbocycles. The van der Waals surface area contributed by atoms with Crippen LogP contribution in [0.5, 0.6) is 0 Å². The van der Waals surface area contributed by atoms with E-state index in [4.69, 9.17) is 4.74 Å². The topological polar surface area (TPSA) is 147 Å². The van der Waals surface area contributed by atoms with Crippen LogP contribution in [0.2, 0.25) is 0 Å². The fourth-order valence-electron chi connectivity index (χ4n) is 5.14. The zero-order valence-corrected chi connectivity index (χ0v) is 25.3. The number of para-hydroxylation sites is 1. The number of hydrogen-bond donors (Lipinski definition) is 3. The van der Waals surface area contributed by atoms with E-state index in [-0.39, 0.29) is 30.2 Å². The molecule has 0 unspecified atom stereocenters. The molecule has 4 atom stereocenters. The Balaban J connectivity index is 1.70. The number of nitrogens with one attached hydrogen (secondary N) is 3. The Morgan fingerprint density at radius 3 is 2.31 bits per heavy atom. The fourth-order valence-corrected chi connectivity index (χ4v) is 5.14. The number of hydrogen-bond acceptors (Lipinski definition) is 7. The molecular weight excluding hydrogens is 538 g/mol. The van der Waals surface area contributed by atoms with Gasteiger partial charge in [0.1, 0.15) is 12.1 Å². The average molecular weight is 582 g/mol. The minimum Gasteiger partial charge on any atom is -0.467 e. The largest absolute Gasteiger partial charge is 0.467 e. The molecule has 0 bridgehead atoms. The second kappa shape index (κ2) is 14.7. The van der Waals surface area contributed by atoms with Gasteiger partial charge in [0.25, 0.3) is 5.91 Å². The highest BCUT2D eigenvalue weighted by Gasteiger charge is 2.35. The third-order valence-corrected chi connectivity index (χ3v) is 7.39. The van der Waals surface area contributed by atoms with E-state index in [0.29, 0.717) is 36.8 Å². The first kappa shape index (κ1) is 32.5. The minimum absolute atomic E-state index is 0.0873. The quantitative estimate of drug-likeness (QED) is 0.365. The number of amides is 4. The number of ether oxygens (including phenoxy) is 1. The van der Waals surface area contributed by atoms with Gasteiger partial charge in [-0.15, -0.1) is 0 Å². The van der Waals surface area contributed by atoms with Gasteiger partial charge in [0, 0.05) is 17.6 Å². The maximum absolute atomic E-state index is 13.5. The molecule has 1 aromatic heterocycles. The fraction of sp³-hybridized carbons (Fsp3) is 0.548. The lowest BCUT2D eigenvalue weighted by atomic mass is 10.0. The zero-order chi connectivity index (χ0) is 31.0. The Kier molecular flexibility index (Phi) is 11.4. The number of benzene rings is 1. The molecule has 4 amide bonds. The molecule has 3 rings (SSSR count). The molecule has 1 aliphatic rings. The molecular formula is C31H43N5O6. The van der Waals surface area contributed by atoms with Crippen molar-refractivity contribution in [2.45, 2.75) is 84.5 Å².